The summed E-state index contributed by atoms with van der Waals surface area (Å²) in [6.07, 6.45) is 0. The van der Waals surface area contributed by atoms with Gasteiger partial charge in [0.1, 0.15) is 0 Å². The SMILES string of the molecule is CN1CN=[N+](C)C1. The number of hydrogen-bond donors (Lipinski definition) is 0. The summed E-state index contributed by atoms with van der Waals surface area (Å²) < 4.78 is 1.93. The van der Waals surface area contributed by atoms with E-state index in [2.05, 4.69) is 10.0 Å². The highest BCUT2D eigenvalue weighted by molar-refractivity contribution is 4.37. The van der Waals surface area contributed by atoms with Gasteiger partial charge in [-0.15, -0.1) is 4.70 Å². The van der Waals surface area contributed by atoms with Crippen LogP contribution in [0.25, 0.3) is 0 Å². The molecule has 0 radical (unpaired) electrons. The molecule has 0 N–H and O–H groups in total. The fraction of sp³-hybridized carbons (Fsp3) is 1.00. The predicted molar refractivity (Wildman–Crippen MR) is 26.1 cm³/mol. The smallest absolute Gasteiger partial charge is 0.224 e. The van der Waals surface area contributed by atoms with Gasteiger partial charge in [0, 0.05) is 0 Å². The van der Waals surface area contributed by atoms with Gasteiger partial charge in [0.25, 0.3) is 0 Å². The summed E-state index contributed by atoms with van der Waals surface area (Å²) in [5.41, 5.74) is 0. The van der Waals surface area contributed by atoms with Crippen molar-refractivity contribution in [3.63, 3.8) is 0 Å². The molecule has 0 aromatic heterocycles. The van der Waals surface area contributed by atoms with Gasteiger partial charge in [-0.25, -0.2) is 4.90 Å². The molecule has 0 aliphatic carbocycles. The van der Waals surface area contributed by atoms with Crippen LogP contribution in [0.4, 0.5) is 0 Å². The van der Waals surface area contributed by atoms with Crippen LogP contribution in [-0.2, 0) is 0 Å². The molecular weight excluding hydrogens is 90.1 g/mol. The molecule has 0 aromatic rings. The van der Waals surface area contributed by atoms with E-state index in [4.69, 9.17) is 0 Å². The molecule has 0 spiro atoms. The van der Waals surface area contributed by atoms with Crippen molar-refractivity contribution in [2.24, 2.45) is 5.11 Å². The highest BCUT2D eigenvalue weighted by atomic mass is 15.5. The Morgan fingerprint density at radius 2 is 2.43 bits per heavy atom. The number of rotatable bonds is 0. The Morgan fingerprint density at radius 3 is 2.57 bits per heavy atom. The lowest BCUT2D eigenvalue weighted by atomic mass is 10.8. The third-order valence-electron chi connectivity index (χ3n) is 0.992. The first kappa shape index (κ1) is 4.71. The van der Waals surface area contributed by atoms with Gasteiger partial charge in [-0.2, -0.15) is 0 Å². The highest BCUT2D eigenvalue weighted by Gasteiger charge is 2.11. The van der Waals surface area contributed by atoms with E-state index < -0.39 is 0 Å². The first-order valence-corrected chi connectivity index (χ1v) is 2.36. The zero-order chi connectivity index (χ0) is 5.28. The third kappa shape index (κ3) is 0.962. The minimum Gasteiger partial charge on any atom is -0.224 e. The van der Waals surface area contributed by atoms with E-state index in [0.29, 0.717) is 0 Å². The summed E-state index contributed by atoms with van der Waals surface area (Å²) in [5.74, 6) is 0. The topological polar surface area (TPSA) is 18.6 Å². The second kappa shape index (κ2) is 1.58. The number of nitrogens with zero attached hydrogens (tertiary/aromatic N) is 3. The fourth-order valence-electron chi connectivity index (χ4n) is 0.655. The van der Waals surface area contributed by atoms with Crippen LogP contribution in [0.15, 0.2) is 5.11 Å². The Kier molecular flexibility index (Phi) is 1.06. The van der Waals surface area contributed by atoms with E-state index in [9.17, 15) is 0 Å². The van der Waals surface area contributed by atoms with Gasteiger partial charge in [-0.05, 0) is 12.2 Å². The van der Waals surface area contributed by atoms with Gasteiger partial charge in [0.05, 0.1) is 0 Å². The molecule has 7 heavy (non-hydrogen) atoms. The second-order valence-corrected chi connectivity index (χ2v) is 1.94. The quantitative estimate of drug-likeness (QED) is 0.390. The van der Waals surface area contributed by atoms with Crippen LogP contribution in [0.1, 0.15) is 0 Å². The molecule has 3 heteroatoms. The molecule has 0 saturated heterocycles. The molecule has 40 valence electrons. The van der Waals surface area contributed by atoms with Crippen LogP contribution in [0, 0.1) is 0 Å². The maximum absolute atomic E-state index is 4.08. The van der Waals surface area contributed by atoms with Crippen molar-refractivity contribution in [3.8, 4) is 0 Å². The Morgan fingerprint density at radius 1 is 1.71 bits per heavy atom. The van der Waals surface area contributed by atoms with Gasteiger partial charge < -0.3 is 0 Å². The van der Waals surface area contributed by atoms with Crippen molar-refractivity contribution >= 4 is 0 Å². The lowest BCUT2D eigenvalue weighted by Crippen LogP contribution is -2.17. The highest BCUT2D eigenvalue weighted by Crippen LogP contribution is 1.91. The monoisotopic (exact) mass is 100 g/mol. The summed E-state index contributed by atoms with van der Waals surface area (Å²) >= 11 is 0. The lowest BCUT2D eigenvalue weighted by molar-refractivity contribution is -0.562. The minimum atomic E-state index is 0.858. The minimum absolute atomic E-state index is 0.858. The summed E-state index contributed by atoms with van der Waals surface area (Å²) in [4.78, 5) is 2.14. The molecule has 1 aliphatic heterocycles. The van der Waals surface area contributed by atoms with Gasteiger partial charge in [0.15, 0.2) is 13.7 Å². The molecule has 0 unspecified atom stereocenters. The molecule has 0 bridgehead atoms. The van der Waals surface area contributed by atoms with E-state index in [1.165, 1.54) is 0 Å². The third-order valence-corrected chi connectivity index (χ3v) is 0.992. The largest absolute Gasteiger partial charge is 0.225 e. The molecule has 1 rings (SSSR count). The average Bonchev–Trinajstić information content (AvgIpc) is 1.87. The fourth-order valence-corrected chi connectivity index (χ4v) is 0.655. The Bertz CT molecular complexity index is 97.1. The van der Waals surface area contributed by atoms with Crippen molar-refractivity contribution in [1.82, 2.24) is 4.90 Å². The second-order valence-electron chi connectivity index (χ2n) is 1.94. The van der Waals surface area contributed by atoms with Gasteiger partial charge >= 0.3 is 0 Å². The molecule has 3 nitrogen and oxygen atoms in total. The van der Waals surface area contributed by atoms with Crippen LogP contribution in [0.3, 0.4) is 0 Å². The molecule has 0 fully saturated rings. The first-order valence-electron chi connectivity index (χ1n) is 2.36. The molecular formula is C4H10N3+. The number of hydrogen-bond acceptors (Lipinski definition) is 2. The van der Waals surface area contributed by atoms with Gasteiger partial charge in [0.2, 0.25) is 6.67 Å². The van der Waals surface area contributed by atoms with Crippen LogP contribution >= 0.6 is 0 Å². The molecule has 0 atom stereocenters. The van der Waals surface area contributed by atoms with E-state index in [0.717, 1.165) is 13.3 Å². The zero-order valence-electron chi connectivity index (χ0n) is 4.76. The van der Waals surface area contributed by atoms with Gasteiger partial charge in [-0.3, -0.25) is 0 Å². The maximum Gasteiger partial charge on any atom is 0.225 e. The summed E-state index contributed by atoms with van der Waals surface area (Å²) in [5, 5.41) is 4.08. The molecule has 1 heterocycles. The average molecular weight is 100 g/mol. The van der Waals surface area contributed by atoms with Crippen molar-refractivity contribution in [2.75, 3.05) is 27.4 Å². The Labute approximate surface area is 43.2 Å². The normalized spacial score (nSPS) is 22.9. The van der Waals surface area contributed by atoms with Crippen molar-refractivity contribution in [3.05, 3.63) is 0 Å². The number of azo groups is 2. The molecule has 0 amide bonds. The van der Waals surface area contributed by atoms with E-state index in [1.807, 2.05) is 18.8 Å². The lowest BCUT2D eigenvalue weighted by Gasteiger charge is -1.94. The van der Waals surface area contributed by atoms with Gasteiger partial charge in [-0.1, -0.05) is 0 Å². The van der Waals surface area contributed by atoms with Crippen molar-refractivity contribution < 1.29 is 4.70 Å². The zero-order valence-corrected chi connectivity index (χ0v) is 4.76. The standard InChI is InChI=1S/C4H10N3/c1-6-3-5-7(2)4-6/h3-4H2,1-2H3/q+1. The summed E-state index contributed by atoms with van der Waals surface area (Å²) in [7, 11) is 4.02. The summed E-state index contributed by atoms with van der Waals surface area (Å²) in [6.45, 7) is 1.83. The van der Waals surface area contributed by atoms with Crippen LogP contribution in [-0.4, -0.2) is 37.0 Å². The molecule has 0 aromatic carbocycles. The molecule has 1 aliphatic rings. The molecule has 0 saturated carbocycles. The van der Waals surface area contributed by atoms with E-state index >= 15 is 0 Å². The van der Waals surface area contributed by atoms with Crippen LogP contribution in [0.5, 0.6) is 0 Å². The van der Waals surface area contributed by atoms with Crippen molar-refractivity contribution in [2.45, 2.75) is 0 Å². The van der Waals surface area contributed by atoms with E-state index in [-0.39, 0.29) is 0 Å². The Balaban J connectivity index is 2.42. The first-order chi connectivity index (χ1) is 3.29. The van der Waals surface area contributed by atoms with Crippen LogP contribution < -0.4 is 0 Å². The van der Waals surface area contributed by atoms with E-state index in [1.54, 1.807) is 0 Å². The predicted octanol–water partition coefficient (Wildman–Crippen LogP) is -0.0587. The maximum atomic E-state index is 4.08. The Hall–Kier alpha value is -0.440. The van der Waals surface area contributed by atoms with Crippen LogP contribution in [0.2, 0.25) is 0 Å². The van der Waals surface area contributed by atoms with Crippen molar-refractivity contribution in [1.29, 1.82) is 0 Å². The summed E-state index contributed by atoms with van der Waals surface area (Å²) in [6, 6.07) is 0.